The number of aliphatic hydroxyl groups excluding tert-OH is 2. The Balaban J connectivity index is 0.755. The number of unbranched alkanes of at least 4 members (excludes halogenated alkanes) is 1. The molecule has 6 rings (SSSR count). The minimum Gasteiger partial charge on any atom is -0.491 e. The predicted octanol–water partition coefficient (Wildman–Crippen LogP) is 5.25. The SMILES string of the molecule is O=C(CCCCC(=O)OCC(O)COc1ccc(Cc2ccc(OCC3CO3)cc2)cc1)OCC(O)COc1ccc(Cc2ccc(OCC3CO3)cc2)cc1. The van der Waals surface area contributed by atoms with Crippen molar-refractivity contribution < 1.29 is 57.7 Å². The number of ether oxygens (including phenoxy) is 8. The Labute approximate surface area is 327 Å². The first-order valence-electron chi connectivity index (χ1n) is 19.1. The number of carbonyl (C=O) groups excluding carboxylic acids is 2. The molecule has 0 aromatic heterocycles. The van der Waals surface area contributed by atoms with Crippen LogP contribution in [0.2, 0.25) is 0 Å². The number of aliphatic hydroxyl groups is 2. The van der Waals surface area contributed by atoms with E-state index in [0.717, 1.165) is 59.8 Å². The van der Waals surface area contributed by atoms with E-state index in [4.69, 9.17) is 37.9 Å². The first-order chi connectivity index (χ1) is 27.3. The quantitative estimate of drug-likeness (QED) is 0.0514. The molecule has 298 valence electrons. The van der Waals surface area contributed by atoms with E-state index in [-0.39, 0.29) is 51.5 Å². The van der Waals surface area contributed by atoms with Crippen molar-refractivity contribution in [3.8, 4) is 23.0 Å². The largest absolute Gasteiger partial charge is 0.491 e. The summed E-state index contributed by atoms with van der Waals surface area (Å²) in [5.74, 6) is 1.90. The lowest BCUT2D eigenvalue weighted by atomic mass is 10.0. The zero-order valence-electron chi connectivity index (χ0n) is 31.4. The van der Waals surface area contributed by atoms with Crippen molar-refractivity contribution in [2.45, 2.75) is 62.9 Å². The third kappa shape index (κ3) is 15.2. The Kier molecular flexibility index (Phi) is 15.4. The van der Waals surface area contributed by atoms with Crippen molar-refractivity contribution in [3.05, 3.63) is 119 Å². The third-order valence-electron chi connectivity index (χ3n) is 8.96. The molecule has 0 radical (unpaired) electrons. The van der Waals surface area contributed by atoms with Crippen LogP contribution in [-0.4, -0.2) is 99.4 Å². The third-order valence-corrected chi connectivity index (χ3v) is 8.96. The lowest BCUT2D eigenvalue weighted by Gasteiger charge is -2.14. The van der Waals surface area contributed by atoms with E-state index in [1.165, 1.54) is 0 Å². The second-order valence-electron chi connectivity index (χ2n) is 14.0. The number of carbonyl (C=O) groups is 2. The van der Waals surface area contributed by atoms with Crippen LogP contribution in [-0.2, 0) is 41.4 Å². The lowest BCUT2D eigenvalue weighted by molar-refractivity contribution is -0.149. The van der Waals surface area contributed by atoms with Gasteiger partial charge in [0.15, 0.2) is 0 Å². The van der Waals surface area contributed by atoms with Crippen LogP contribution in [0.5, 0.6) is 23.0 Å². The summed E-state index contributed by atoms with van der Waals surface area (Å²) in [6.45, 7) is 2.24. The van der Waals surface area contributed by atoms with Gasteiger partial charge in [0.05, 0.1) is 13.2 Å². The van der Waals surface area contributed by atoms with Gasteiger partial charge in [0, 0.05) is 12.8 Å². The van der Waals surface area contributed by atoms with Crippen LogP contribution < -0.4 is 18.9 Å². The molecule has 4 aromatic carbocycles. The van der Waals surface area contributed by atoms with Crippen molar-refractivity contribution >= 4 is 11.9 Å². The van der Waals surface area contributed by atoms with E-state index >= 15 is 0 Å². The fourth-order valence-corrected chi connectivity index (χ4v) is 5.53. The van der Waals surface area contributed by atoms with Gasteiger partial charge in [-0.3, -0.25) is 9.59 Å². The molecule has 0 amide bonds. The van der Waals surface area contributed by atoms with E-state index in [1.54, 1.807) is 0 Å². The fraction of sp³-hybridized carbons (Fsp3) is 0.409. The van der Waals surface area contributed by atoms with Crippen LogP contribution in [0.4, 0.5) is 0 Å². The van der Waals surface area contributed by atoms with E-state index in [9.17, 15) is 19.8 Å². The second-order valence-corrected chi connectivity index (χ2v) is 14.0. The summed E-state index contributed by atoms with van der Waals surface area (Å²) in [6, 6.07) is 31.2. The summed E-state index contributed by atoms with van der Waals surface area (Å²) in [7, 11) is 0. The Bertz CT molecular complexity index is 1640. The van der Waals surface area contributed by atoms with Crippen LogP contribution in [0.1, 0.15) is 47.9 Å². The molecule has 0 spiro atoms. The van der Waals surface area contributed by atoms with E-state index in [2.05, 4.69) is 0 Å². The summed E-state index contributed by atoms with van der Waals surface area (Å²) >= 11 is 0. The van der Waals surface area contributed by atoms with Crippen LogP contribution >= 0.6 is 0 Å². The van der Waals surface area contributed by atoms with E-state index in [0.29, 0.717) is 37.6 Å². The standard InChI is InChI=1S/C44H50O12/c45-35(23-49-37-13-5-31(6-14-37)21-33-9-17-39(18-10-33)51-27-41-29-53-41)25-55-43(47)3-1-2-4-44(48)56-26-36(46)24-50-38-15-7-32(8-16-38)22-34-11-19-40(20-12-34)52-28-42-30-54-42/h5-20,35-36,41-42,45-46H,1-4,21-30H2. The molecule has 0 aliphatic carbocycles. The van der Waals surface area contributed by atoms with Crippen molar-refractivity contribution in [2.75, 3.05) is 52.9 Å². The van der Waals surface area contributed by atoms with Crippen LogP contribution in [0.15, 0.2) is 97.1 Å². The molecule has 12 nitrogen and oxygen atoms in total. The van der Waals surface area contributed by atoms with Crippen LogP contribution in [0.25, 0.3) is 0 Å². The van der Waals surface area contributed by atoms with Crippen LogP contribution in [0, 0.1) is 0 Å². The Morgan fingerprint density at radius 1 is 0.500 bits per heavy atom. The number of hydrogen-bond donors (Lipinski definition) is 2. The lowest BCUT2D eigenvalue weighted by Crippen LogP contribution is -2.25. The Hall–Kier alpha value is -5.14. The molecule has 56 heavy (non-hydrogen) atoms. The second kappa shape index (κ2) is 21.2. The minimum atomic E-state index is -0.988. The molecule has 4 unspecified atom stereocenters. The molecule has 2 saturated heterocycles. The molecule has 2 aliphatic rings. The van der Waals surface area contributed by atoms with Gasteiger partial charge in [-0.15, -0.1) is 0 Å². The predicted molar refractivity (Wildman–Crippen MR) is 205 cm³/mol. The average molecular weight is 771 g/mol. The van der Waals surface area contributed by atoms with Crippen molar-refractivity contribution in [1.29, 1.82) is 0 Å². The number of benzene rings is 4. The minimum absolute atomic E-state index is 0.0290. The molecule has 4 atom stereocenters. The first kappa shape index (κ1) is 40.5. The molecule has 2 aliphatic heterocycles. The average Bonchev–Trinajstić information content (AvgIpc) is 4.17. The van der Waals surface area contributed by atoms with Gasteiger partial charge >= 0.3 is 11.9 Å². The number of esters is 2. The molecule has 2 heterocycles. The van der Waals surface area contributed by atoms with Gasteiger partial charge in [-0.05, 0) is 96.5 Å². The summed E-state index contributed by atoms with van der Waals surface area (Å²) in [4.78, 5) is 24.3. The first-order valence-corrected chi connectivity index (χ1v) is 19.1. The normalized spacial score (nSPS) is 16.6. The highest BCUT2D eigenvalue weighted by molar-refractivity contribution is 5.70. The molecular formula is C44H50O12. The van der Waals surface area contributed by atoms with E-state index in [1.807, 2.05) is 97.1 Å². The monoisotopic (exact) mass is 770 g/mol. The number of epoxide rings is 2. The van der Waals surface area contributed by atoms with Gasteiger partial charge < -0.3 is 48.1 Å². The molecular weight excluding hydrogens is 720 g/mol. The molecule has 0 bridgehead atoms. The van der Waals surface area contributed by atoms with Gasteiger partial charge in [0.25, 0.3) is 0 Å². The van der Waals surface area contributed by atoms with E-state index < -0.39 is 24.1 Å². The van der Waals surface area contributed by atoms with Crippen LogP contribution in [0.3, 0.4) is 0 Å². The smallest absolute Gasteiger partial charge is 0.305 e. The highest BCUT2D eigenvalue weighted by Crippen LogP contribution is 2.21. The zero-order valence-corrected chi connectivity index (χ0v) is 31.4. The Morgan fingerprint density at radius 2 is 0.804 bits per heavy atom. The Morgan fingerprint density at radius 3 is 1.11 bits per heavy atom. The number of rotatable bonds is 25. The molecule has 12 heteroatoms. The maximum absolute atomic E-state index is 12.1. The topological polar surface area (TPSA) is 155 Å². The fourth-order valence-electron chi connectivity index (χ4n) is 5.53. The van der Waals surface area contributed by atoms with Gasteiger partial charge in [-0.2, -0.15) is 0 Å². The molecule has 0 saturated carbocycles. The molecule has 2 N–H and O–H groups in total. The van der Waals surface area contributed by atoms with Crippen molar-refractivity contribution in [2.24, 2.45) is 0 Å². The van der Waals surface area contributed by atoms with Gasteiger partial charge in [0.2, 0.25) is 0 Å². The van der Waals surface area contributed by atoms with Crippen molar-refractivity contribution in [1.82, 2.24) is 0 Å². The number of hydrogen-bond acceptors (Lipinski definition) is 12. The zero-order chi connectivity index (χ0) is 39.0. The summed E-state index contributed by atoms with van der Waals surface area (Å²) < 4.78 is 43.3. The van der Waals surface area contributed by atoms with Gasteiger partial charge in [0.1, 0.15) is 87.1 Å². The maximum Gasteiger partial charge on any atom is 0.305 e. The maximum atomic E-state index is 12.1. The summed E-state index contributed by atoms with van der Waals surface area (Å²) in [5.41, 5.74) is 4.54. The van der Waals surface area contributed by atoms with Crippen molar-refractivity contribution in [3.63, 3.8) is 0 Å². The molecule has 2 fully saturated rings. The molecule has 4 aromatic rings. The van der Waals surface area contributed by atoms with Gasteiger partial charge in [-0.1, -0.05) is 48.5 Å². The van der Waals surface area contributed by atoms with Gasteiger partial charge in [-0.25, -0.2) is 0 Å². The summed E-state index contributed by atoms with van der Waals surface area (Å²) in [6.07, 6.45) is 1.01. The summed E-state index contributed by atoms with van der Waals surface area (Å²) in [5, 5.41) is 20.5. The highest BCUT2D eigenvalue weighted by Gasteiger charge is 2.23. The highest BCUT2D eigenvalue weighted by atomic mass is 16.6.